The molecular weight excluding hydrogens is 441 g/mol. The highest BCUT2D eigenvalue weighted by atomic mass is 35.5. The molecule has 4 rings (SSSR count). The zero-order valence-corrected chi connectivity index (χ0v) is 17.7. The summed E-state index contributed by atoms with van der Waals surface area (Å²) in [5.41, 5.74) is 1.83. The largest absolute Gasteiger partial charge is 0.269 e. The van der Waals surface area contributed by atoms with Gasteiger partial charge < -0.3 is 0 Å². The van der Waals surface area contributed by atoms with Gasteiger partial charge in [0.25, 0.3) is 0 Å². The van der Waals surface area contributed by atoms with Gasteiger partial charge in [-0.2, -0.15) is 0 Å². The van der Waals surface area contributed by atoms with Crippen LogP contribution >= 0.6 is 57.9 Å². The maximum absolute atomic E-state index is 6.30. The minimum absolute atomic E-state index is 0.592. The summed E-state index contributed by atoms with van der Waals surface area (Å²) in [7, 11) is 0. The molecule has 27 heavy (non-hydrogen) atoms. The van der Waals surface area contributed by atoms with E-state index >= 15 is 0 Å². The Morgan fingerprint density at radius 3 is 2.30 bits per heavy atom. The zero-order chi connectivity index (χ0) is 18.8. The van der Waals surface area contributed by atoms with E-state index in [0.29, 0.717) is 20.8 Å². The molecule has 0 aliphatic heterocycles. The summed E-state index contributed by atoms with van der Waals surface area (Å²) in [4.78, 5) is 1.04. The van der Waals surface area contributed by atoms with E-state index in [1.165, 1.54) is 11.8 Å². The second-order valence-electron chi connectivity index (χ2n) is 5.58. The first-order chi connectivity index (χ1) is 13.1. The summed E-state index contributed by atoms with van der Waals surface area (Å²) < 4.78 is 2.03. The molecule has 2 aromatic carbocycles. The van der Waals surface area contributed by atoms with Gasteiger partial charge in [0.1, 0.15) is 0 Å². The van der Waals surface area contributed by atoms with E-state index < -0.39 is 0 Å². The number of rotatable bonds is 5. The van der Waals surface area contributed by atoms with Crippen LogP contribution in [0.1, 0.15) is 5.56 Å². The number of aromatic nitrogens is 3. The highest BCUT2D eigenvalue weighted by Crippen LogP contribution is 2.35. The molecule has 0 amide bonds. The van der Waals surface area contributed by atoms with Gasteiger partial charge in [0.15, 0.2) is 11.0 Å². The lowest BCUT2D eigenvalue weighted by Gasteiger charge is -2.10. The third kappa shape index (κ3) is 4.03. The van der Waals surface area contributed by atoms with Crippen LogP contribution in [-0.4, -0.2) is 14.8 Å². The van der Waals surface area contributed by atoms with Crippen LogP contribution in [0, 0.1) is 0 Å². The second kappa shape index (κ2) is 8.25. The maximum atomic E-state index is 6.30. The lowest BCUT2D eigenvalue weighted by atomic mass is 10.2. The summed E-state index contributed by atoms with van der Waals surface area (Å²) in [5, 5.41) is 13.6. The Balaban J connectivity index is 1.73. The lowest BCUT2D eigenvalue weighted by molar-refractivity contribution is 0.886. The second-order valence-corrected chi connectivity index (χ2v) is 8.73. The highest BCUT2D eigenvalue weighted by molar-refractivity contribution is 7.98. The standard InChI is InChI=1S/C19H12Cl3N3S2/c20-12-6-8-13(9-7-12)25-18(17-5-2-10-26-17)23-24-19(25)27-11-14-15(21)3-1-4-16(14)22/h1-10H,11H2. The van der Waals surface area contributed by atoms with E-state index in [-0.39, 0.29) is 0 Å². The molecule has 0 saturated heterocycles. The van der Waals surface area contributed by atoms with Gasteiger partial charge in [0.2, 0.25) is 0 Å². The van der Waals surface area contributed by atoms with Crippen LogP contribution in [0.2, 0.25) is 15.1 Å². The van der Waals surface area contributed by atoms with Gasteiger partial charge in [-0.3, -0.25) is 4.57 Å². The topological polar surface area (TPSA) is 30.7 Å². The molecule has 0 aliphatic rings. The minimum atomic E-state index is 0.592. The van der Waals surface area contributed by atoms with Gasteiger partial charge >= 0.3 is 0 Å². The molecule has 0 saturated carbocycles. The molecular formula is C19H12Cl3N3S2. The average Bonchev–Trinajstić information content (AvgIpc) is 3.31. The van der Waals surface area contributed by atoms with Gasteiger partial charge in [0, 0.05) is 26.5 Å². The van der Waals surface area contributed by atoms with E-state index in [1.54, 1.807) is 11.3 Å². The number of nitrogens with zero attached hydrogens (tertiary/aromatic N) is 3. The summed E-state index contributed by atoms with van der Waals surface area (Å²) in [6, 6.07) is 17.2. The van der Waals surface area contributed by atoms with Crippen molar-refractivity contribution in [2.24, 2.45) is 0 Å². The summed E-state index contributed by atoms with van der Waals surface area (Å²) in [6.45, 7) is 0. The predicted molar refractivity (Wildman–Crippen MR) is 116 cm³/mol. The molecule has 0 atom stereocenters. The fourth-order valence-corrected chi connectivity index (χ4v) is 5.08. The number of halogens is 3. The number of hydrogen-bond acceptors (Lipinski definition) is 4. The highest BCUT2D eigenvalue weighted by Gasteiger charge is 2.18. The van der Waals surface area contributed by atoms with E-state index in [2.05, 4.69) is 10.2 Å². The van der Waals surface area contributed by atoms with E-state index in [1.807, 2.05) is 64.5 Å². The minimum Gasteiger partial charge on any atom is -0.269 e. The van der Waals surface area contributed by atoms with E-state index in [4.69, 9.17) is 34.8 Å². The van der Waals surface area contributed by atoms with Gasteiger partial charge in [-0.15, -0.1) is 21.5 Å². The van der Waals surface area contributed by atoms with E-state index in [9.17, 15) is 0 Å². The number of hydrogen-bond donors (Lipinski definition) is 0. The Morgan fingerprint density at radius 1 is 0.889 bits per heavy atom. The first-order valence-corrected chi connectivity index (χ1v) is 10.9. The molecule has 0 radical (unpaired) electrons. The molecule has 2 aromatic heterocycles. The van der Waals surface area contributed by atoms with Crippen LogP contribution < -0.4 is 0 Å². The molecule has 4 aromatic rings. The Hall–Kier alpha value is -1.50. The van der Waals surface area contributed by atoms with Crippen molar-refractivity contribution >= 4 is 57.9 Å². The van der Waals surface area contributed by atoms with Crippen molar-refractivity contribution in [1.29, 1.82) is 0 Å². The molecule has 3 nitrogen and oxygen atoms in total. The Labute approximate surface area is 179 Å². The Kier molecular flexibility index (Phi) is 5.76. The van der Waals surface area contributed by atoms with Crippen LogP contribution in [0.4, 0.5) is 0 Å². The molecule has 0 fully saturated rings. The summed E-state index contributed by atoms with van der Waals surface area (Å²) in [6.07, 6.45) is 0. The van der Waals surface area contributed by atoms with Crippen molar-refractivity contribution in [3.05, 3.63) is 80.6 Å². The third-order valence-electron chi connectivity index (χ3n) is 3.87. The number of benzene rings is 2. The molecule has 0 unspecified atom stereocenters. The molecule has 0 aliphatic carbocycles. The van der Waals surface area contributed by atoms with Crippen LogP contribution in [0.15, 0.2) is 65.1 Å². The molecule has 0 spiro atoms. The van der Waals surface area contributed by atoms with Gasteiger partial charge in [-0.05, 0) is 53.4 Å². The van der Waals surface area contributed by atoms with Crippen molar-refractivity contribution in [1.82, 2.24) is 14.8 Å². The van der Waals surface area contributed by atoms with Gasteiger partial charge in [0.05, 0.1) is 4.88 Å². The van der Waals surface area contributed by atoms with Crippen molar-refractivity contribution in [2.45, 2.75) is 10.9 Å². The predicted octanol–water partition coefficient (Wildman–Crippen LogP) is 7.25. The first kappa shape index (κ1) is 18.8. The van der Waals surface area contributed by atoms with Crippen molar-refractivity contribution in [2.75, 3.05) is 0 Å². The molecule has 8 heteroatoms. The normalized spacial score (nSPS) is 11.1. The molecule has 0 bridgehead atoms. The SMILES string of the molecule is Clc1ccc(-n2c(SCc3c(Cl)cccc3Cl)nnc2-c2cccs2)cc1. The fraction of sp³-hybridized carbons (Fsp3) is 0.0526. The van der Waals surface area contributed by atoms with Crippen molar-refractivity contribution < 1.29 is 0 Å². The van der Waals surface area contributed by atoms with Gasteiger partial charge in [-0.1, -0.05) is 58.7 Å². The monoisotopic (exact) mass is 451 g/mol. The number of thiophene rings is 1. The van der Waals surface area contributed by atoms with E-state index in [0.717, 1.165) is 27.1 Å². The summed E-state index contributed by atoms with van der Waals surface area (Å²) >= 11 is 21.8. The van der Waals surface area contributed by atoms with Crippen molar-refractivity contribution in [3.8, 4) is 16.4 Å². The third-order valence-corrected chi connectivity index (χ3v) is 6.65. The quantitative estimate of drug-likeness (QED) is 0.299. The Bertz CT molecular complexity index is 1040. The fourth-order valence-electron chi connectivity index (χ4n) is 2.56. The van der Waals surface area contributed by atoms with Crippen molar-refractivity contribution in [3.63, 3.8) is 0 Å². The van der Waals surface area contributed by atoms with Crippen LogP contribution in [-0.2, 0) is 5.75 Å². The van der Waals surface area contributed by atoms with Crippen LogP contribution in [0.25, 0.3) is 16.4 Å². The van der Waals surface area contributed by atoms with Crippen LogP contribution in [0.3, 0.4) is 0 Å². The molecule has 0 N–H and O–H groups in total. The molecule has 2 heterocycles. The smallest absolute Gasteiger partial charge is 0.196 e. The number of thioether (sulfide) groups is 1. The lowest BCUT2D eigenvalue weighted by Crippen LogP contribution is -1.99. The summed E-state index contributed by atoms with van der Waals surface area (Å²) in [5.74, 6) is 1.38. The zero-order valence-electron chi connectivity index (χ0n) is 13.8. The van der Waals surface area contributed by atoms with Gasteiger partial charge in [-0.25, -0.2) is 0 Å². The maximum Gasteiger partial charge on any atom is 0.196 e. The van der Waals surface area contributed by atoms with Crippen LogP contribution in [0.5, 0.6) is 0 Å². The average molecular weight is 453 g/mol. The first-order valence-electron chi connectivity index (χ1n) is 7.94. The molecule has 136 valence electrons. The Morgan fingerprint density at radius 2 is 1.63 bits per heavy atom.